The highest BCUT2D eigenvalue weighted by Gasteiger charge is 2.49. The fourth-order valence-corrected chi connectivity index (χ4v) is 2.26. The lowest BCUT2D eigenvalue weighted by Gasteiger charge is -2.37. The molecule has 80 valence electrons. The first-order chi connectivity index (χ1) is 5.35. The first-order valence-corrected chi connectivity index (χ1v) is 4.35. The van der Waals surface area contributed by atoms with Gasteiger partial charge in [-0.05, 0) is 18.3 Å². The summed E-state index contributed by atoms with van der Waals surface area (Å²) >= 11 is 0. The molecule has 0 radical (unpaired) electrons. The first-order valence-electron chi connectivity index (χ1n) is 4.35. The molecule has 1 aliphatic carbocycles. The monoisotopic (exact) mass is 230 g/mol. The third-order valence-electron chi connectivity index (χ3n) is 2.90. The lowest BCUT2D eigenvalue weighted by molar-refractivity contribution is 0.189. The second kappa shape index (κ2) is 5.35. The van der Waals surface area contributed by atoms with Crippen LogP contribution in [0.15, 0.2) is 0 Å². The van der Waals surface area contributed by atoms with Gasteiger partial charge >= 0.3 is 0 Å². The minimum absolute atomic E-state index is 0. The Labute approximate surface area is 90.9 Å². The number of hydrogen-bond acceptors (Lipinski definition) is 2. The van der Waals surface area contributed by atoms with Crippen molar-refractivity contribution in [2.45, 2.75) is 18.9 Å². The van der Waals surface area contributed by atoms with Crippen molar-refractivity contribution >= 4 is 24.8 Å². The van der Waals surface area contributed by atoms with Crippen LogP contribution in [0.4, 0.5) is 4.39 Å². The average molecular weight is 231 g/mol. The Balaban J connectivity index is 0.000000720. The maximum Gasteiger partial charge on any atom is 0.102 e. The molecule has 0 aromatic rings. The number of nitrogens with one attached hydrogen (secondary N) is 2. The Bertz CT molecular complexity index is 146. The van der Waals surface area contributed by atoms with Crippen LogP contribution in [0.1, 0.15) is 12.8 Å². The summed E-state index contributed by atoms with van der Waals surface area (Å²) in [5.41, 5.74) is 0.500. The summed E-state index contributed by atoms with van der Waals surface area (Å²) < 4.78 is 11.7. The van der Waals surface area contributed by atoms with E-state index in [0.717, 1.165) is 19.1 Å². The molecule has 1 saturated carbocycles. The molecule has 0 atom stereocenters. The lowest BCUT2D eigenvalue weighted by atomic mass is 9.70. The second-order valence-corrected chi connectivity index (χ2v) is 3.85. The third-order valence-corrected chi connectivity index (χ3v) is 2.90. The maximum absolute atomic E-state index is 11.7. The maximum atomic E-state index is 11.7. The van der Waals surface area contributed by atoms with E-state index in [2.05, 4.69) is 10.6 Å². The smallest absolute Gasteiger partial charge is 0.102 e. The van der Waals surface area contributed by atoms with Gasteiger partial charge in [-0.3, -0.25) is 0 Å². The summed E-state index contributed by atoms with van der Waals surface area (Å²) in [6, 6.07) is 0.780. The molecule has 3 rings (SSSR count). The van der Waals surface area contributed by atoms with Gasteiger partial charge in [0.05, 0.1) is 0 Å². The van der Waals surface area contributed by atoms with Gasteiger partial charge in [0.15, 0.2) is 0 Å². The number of halogens is 3. The predicted molar refractivity (Wildman–Crippen MR) is 56.8 cm³/mol. The molecule has 0 aromatic carbocycles. The standard InChI is InChI=1S/C8H15FN2.2ClH/c9-1-2-10-5-8-3-7(4-8)11-6-8;;/h7,10-11H,1-6H2;2*1H. The molecular weight excluding hydrogens is 214 g/mol. The number of hydrogen-bond donors (Lipinski definition) is 2. The quantitative estimate of drug-likeness (QED) is 0.709. The van der Waals surface area contributed by atoms with Crippen LogP contribution in [0.3, 0.4) is 0 Å². The molecule has 3 fully saturated rings. The van der Waals surface area contributed by atoms with Gasteiger partial charge in [0.1, 0.15) is 6.67 Å². The Morgan fingerprint density at radius 1 is 1.38 bits per heavy atom. The van der Waals surface area contributed by atoms with Crippen molar-refractivity contribution in [2.24, 2.45) is 5.41 Å². The van der Waals surface area contributed by atoms with Crippen LogP contribution in [0, 0.1) is 5.41 Å². The first kappa shape index (κ1) is 13.4. The molecule has 2 bridgehead atoms. The van der Waals surface area contributed by atoms with E-state index in [0.29, 0.717) is 12.0 Å². The van der Waals surface area contributed by atoms with Gasteiger partial charge in [0, 0.05) is 25.7 Å². The Morgan fingerprint density at radius 3 is 2.54 bits per heavy atom. The molecule has 0 spiro atoms. The van der Waals surface area contributed by atoms with Crippen LogP contribution in [0.2, 0.25) is 0 Å². The highest BCUT2D eigenvalue weighted by Crippen LogP contribution is 2.45. The van der Waals surface area contributed by atoms with Crippen molar-refractivity contribution in [3.63, 3.8) is 0 Å². The normalized spacial score (nSPS) is 34.4. The van der Waals surface area contributed by atoms with Crippen molar-refractivity contribution < 1.29 is 4.39 Å². The molecule has 0 amide bonds. The summed E-state index contributed by atoms with van der Waals surface area (Å²) in [5.74, 6) is 0. The fraction of sp³-hybridized carbons (Fsp3) is 1.00. The van der Waals surface area contributed by atoms with E-state index in [1.807, 2.05) is 0 Å². The van der Waals surface area contributed by atoms with E-state index in [4.69, 9.17) is 0 Å². The molecule has 2 saturated heterocycles. The summed E-state index contributed by atoms with van der Waals surface area (Å²) in [6.45, 7) is 2.41. The Kier molecular flexibility index (Phi) is 5.52. The number of rotatable bonds is 4. The molecule has 5 heteroatoms. The van der Waals surface area contributed by atoms with Gasteiger partial charge in [-0.2, -0.15) is 0 Å². The third kappa shape index (κ3) is 2.69. The van der Waals surface area contributed by atoms with E-state index >= 15 is 0 Å². The van der Waals surface area contributed by atoms with Gasteiger partial charge in [0.2, 0.25) is 0 Å². The van der Waals surface area contributed by atoms with E-state index in [1.165, 1.54) is 12.8 Å². The molecular formula is C8H17Cl2FN2. The van der Waals surface area contributed by atoms with Crippen LogP contribution < -0.4 is 10.6 Å². The van der Waals surface area contributed by atoms with Gasteiger partial charge < -0.3 is 10.6 Å². The van der Waals surface area contributed by atoms with Crippen molar-refractivity contribution in [1.29, 1.82) is 0 Å². The molecule has 0 unspecified atom stereocenters. The number of alkyl halides is 1. The molecule has 13 heavy (non-hydrogen) atoms. The van der Waals surface area contributed by atoms with Crippen molar-refractivity contribution in [3.05, 3.63) is 0 Å². The van der Waals surface area contributed by atoms with E-state index < -0.39 is 0 Å². The summed E-state index contributed by atoms with van der Waals surface area (Å²) in [6.07, 6.45) is 2.60. The number of fused-ring (bicyclic) bond motifs is 1. The van der Waals surface area contributed by atoms with Gasteiger partial charge in [-0.1, -0.05) is 0 Å². The van der Waals surface area contributed by atoms with Crippen molar-refractivity contribution in [2.75, 3.05) is 26.3 Å². The second-order valence-electron chi connectivity index (χ2n) is 3.85. The molecule has 2 heterocycles. The van der Waals surface area contributed by atoms with Gasteiger partial charge in [0.25, 0.3) is 0 Å². The minimum Gasteiger partial charge on any atom is -0.314 e. The topological polar surface area (TPSA) is 24.1 Å². The zero-order valence-electron chi connectivity index (χ0n) is 7.51. The SMILES string of the molecule is Cl.Cl.FCCNCC12CNC(C1)C2. The van der Waals surface area contributed by atoms with Crippen molar-refractivity contribution in [1.82, 2.24) is 10.6 Å². The van der Waals surface area contributed by atoms with Crippen LogP contribution in [-0.4, -0.2) is 32.4 Å². The molecule has 2 N–H and O–H groups in total. The Hall–Kier alpha value is 0.430. The van der Waals surface area contributed by atoms with Crippen LogP contribution in [-0.2, 0) is 0 Å². The van der Waals surface area contributed by atoms with E-state index in [1.54, 1.807) is 0 Å². The summed E-state index contributed by atoms with van der Waals surface area (Å²) in [4.78, 5) is 0. The summed E-state index contributed by atoms with van der Waals surface area (Å²) in [7, 11) is 0. The largest absolute Gasteiger partial charge is 0.314 e. The lowest BCUT2D eigenvalue weighted by Crippen LogP contribution is -2.42. The highest BCUT2D eigenvalue weighted by molar-refractivity contribution is 5.85. The van der Waals surface area contributed by atoms with E-state index in [9.17, 15) is 4.39 Å². The van der Waals surface area contributed by atoms with Crippen LogP contribution in [0.25, 0.3) is 0 Å². The molecule has 2 nitrogen and oxygen atoms in total. The van der Waals surface area contributed by atoms with Gasteiger partial charge in [-0.25, -0.2) is 4.39 Å². The summed E-state index contributed by atoms with van der Waals surface area (Å²) in [5, 5.41) is 6.57. The molecule has 2 aliphatic heterocycles. The zero-order chi connectivity index (χ0) is 7.73. The van der Waals surface area contributed by atoms with Crippen molar-refractivity contribution in [3.8, 4) is 0 Å². The van der Waals surface area contributed by atoms with Gasteiger partial charge in [-0.15, -0.1) is 24.8 Å². The zero-order valence-corrected chi connectivity index (χ0v) is 9.15. The average Bonchev–Trinajstić information content (AvgIpc) is 2.45. The predicted octanol–water partition coefficient (Wildman–Crippen LogP) is 1.14. The highest BCUT2D eigenvalue weighted by atomic mass is 35.5. The van der Waals surface area contributed by atoms with Crippen LogP contribution >= 0.6 is 24.8 Å². The Morgan fingerprint density at radius 2 is 2.08 bits per heavy atom. The van der Waals surface area contributed by atoms with E-state index in [-0.39, 0.29) is 31.5 Å². The fourth-order valence-electron chi connectivity index (χ4n) is 2.26. The molecule has 3 aliphatic rings. The van der Waals surface area contributed by atoms with Crippen LogP contribution in [0.5, 0.6) is 0 Å². The molecule has 0 aromatic heterocycles. The minimum atomic E-state index is -0.243.